The van der Waals surface area contributed by atoms with Crippen molar-refractivity contribution >= 4 is 47.7 Å². The predicted molar refractivity (Wildman–Crippen MR) is 170 cm³/mol. The Labute approximate surface area is 268 Å². The van der Waals surface area contributed by atoms with Gasteiger partial charge in [-0.2, -0.15) is 0 Å². The molecule has 202 valence electrons. The predicted octanol–water partition coefficient (Wildman–Crippen LogP) is 3.89. The molecule has 6 aromatic rings. The van der Waals surface area contributed by atoms with E-state index in [0.717, 1.165) is 0 Å². The molecular weight excluding hydrogens is 685 g/mol. The monoisotopic (exact) mass is 714 g/mol. The van der Waals surface area contributed by atoms with Gasteiger partial charge in [-0.3, -0.25) is 0 Å². The van der Waals surface area contributed by atoms with Gasteiger partial charge in [0, 0.05) is 0 Å². The first-order valence-electron chi connectivity index (χ1n) is 12.8. The molecule has 0 N–H and O–H groups in total. The Kier molecular flexibility index (Phi) is 13.8. The first-order chi connectivity index (χ1) is 18.9. The SMILES string of the molecule is [Cu+].[I-].c1ccc(P(c2ccccc2)c2ccccc2)cc1.c1ccc(P(c2ccccc2)c2ccccc2)cc1. The Morgan fingerprint density at radius 1 is 0.225 bits per heavy atom. The molecule has 0 saturated carbocycles. The third kappa shape index (κ3) is 8.71. The summed E-state index contributed by atoms with van der Waals surface area (Å²) < 4.78 is 0. The van der Waals surface area contributed by atoms with Crippen molar-refractivity contribution in [2.24, 2.45) is 0 Å². The Morgan fingerprint density at radius 3 is 0.475 bits per heavy atom. The first kappa shape index (κ1) is 32.0. The maximum absolute atomic E-state index is 2.23. The zero-order valence-corrected chi connectivity index (χ0v) is 26.8. The van der Waals surface area contributed by atoms with Crippen molar-refractivity contribution in [2.45, 2.75) is 0 Å². The molecule has 0 heterocycles. The fourth-order valence-electron chi connectivity index (χ4n) is 4.36. The van der Waals surface area contributed by atoms with Gasteiger partial charge in [0.2, 0.25) is 0 Å². The molecule has 6 rings (SSSR count). The van der Waals surface area contributed by atoms with Crippen LogP contribution in [0.4, 0.5) is 0 Å². The van der Waals surface area contributed by atoms with Crippen molar-refractivity contribution in [3.05, 3.63) is 182 Å². The van der Waals surface area contributed by atoms with E-state index in [2.05, 4.69) is 182 Å². The van der Waals surface area contributed by atoms with Crippen molar-refractivity contribution in [2.75, 3.05) is 0 Å². The van der Waals surface area contributed by atoms with Crippen LogP contribution in [-0.2, 0) is 17.1 Å². The zero-order valence-electron chi connectivity index (χ0n) is 21.9. The molecule has 0 amide bonds. The molecule has 4 heteroatoms. The molecule has 0 bridgehead atoms. The van der Waals surface area contributed by atoms with E-state index in [-0.39, 0.29) is 41.0 Å². The Morgan fingerprint density at radius 2 is 0.350 bits per heavy atom. The van der Waals surface area contributed by atoms with Gasteiger partial charge >= 0.3 is 17.1 Å². The van der Waals surface area contributed by atoms with E-state index in [1.165, 1.54) is 31.8 Å². The van der Waals surface area contributed by atoms with Crippen molar-refractivity contribution in [1.29, 1.82) is 0 Å². The quantitative estimate of drug-likeness (QED) is 0.140. The molecule has 0 radical (unpaired) electrons. The van der Waals surface area contributed by atoms with E-state index < -0.39 is 15.8 Å². The van der Waals surface area contributed by atoms with Crippen LogP contribution >= 0.6 is 15.8 Å². The standard InChI is InChI=1S/2C18H15P.Cu.HI/c2*1-4-10-16(11-5-1)19(17-12-6-2-7-13-17)18-14-8-3-9-15-18;;/h2*1-15H;;1H/q;;+1;/p-1. The van der Waals surface area contributed by atoms with Crippen molar-refractivity contribution < 1.29 is 41.0 Å². The Bertz CT molecular complexity index is 1180. The van der Waals surface area contributed by atoms with Crippen LogP contribution in [0.3, 0.4) is 0 Å². The van der Waals surface area contributed by atoms with Gasteiger partial charge in [0.25, 0.3) is 0 Å². The molecule has 0 nitrogen and oxygen atoms in total. The van der Waals surface area contributed by atoms with Gasteiger partial charge in [0.05, 0.1) is 0 Å². The minimum Gasteiger partial charge on any atom is -1.00 e. The Hall–Kier alpha value is -2.57. The summed E-state index contributed by atoms with van der Waals surface area (Å²) in [4.78, 5) is 0. The molecule has 0 aliphatic rings. The van der Waals surface area contributed by atoms with Gasteiger partial charge in [0.15, 0.2) is 0 Å². The maximum Gasteiger partial charge on any atom is 1.00 e. The van der Waals surface area contributed by atoms with Crippen molar-refractivity contribution in [3.8, 4) is 0 Å². The van der Waals surface area contributed by atoms with E-state index in [1.807, 2.05) is 0 Å². The summed E-state index contributed by atoms with van der Waals surface area (Å²) in [5, 5.41) is 8.39. The minimum absolute atomic E-state index is 0. The van der Waals surface area contributed by atoms with Crippen LogP contribution < -0.4 is 55.8 Å². The molecule has 0 aromatic heterocycles. The van der Waals surface area contributed by atoms with Gasteiger partial charge in [-0.1, -0.05) is 182 Å². The molecule has 0 atom stereocenters. The molecule has 0 aliphatic carbocycles. The van der Waals surface area contributed by atoms with Gasteiger partial charge < -0.3 is 24.0 Å². The summed E-state index contributed by atoms with van der Waals surface area (Å²) in [7, 11) is -0.892. The van der Waals surface area contributed by atoms with Crippen LogP contribution in [0.5, 0.6) is 0 Å². The molecule has 0 unspecified atom stereocenters. The Balaban J connectivity index is 0.000000210. The van der Waals surface area contributed by atoms with Gasteiger partial charge in [-0.05, 0) is 47.7 Å². The number of benzene rings is 6. The van der Waals surface area contributed by atoms with Gasteiger partial charge in [-0.15, -0.1) is 0 Å². The van der Waals surface area contributed by atoms with E-state index in [0.29, 0.717) is 0 Å². The van der Waals surface area contributed by atoms with Crippen LogP contribution in [0.1, 0.15) is 0 Å². The number of hydrogen-bond donors (Lipinski definition) is 0. The summed E-state index contributed by atoms with van der Waals surface area (Å²) in [6.45, 7) is 0. The molecule has 40 heavy (non-hydrogen) atoms. The van der Waals surface area contributed by atoms with Crippen molar-refractivity contribution in [1.82, 2.24) is 0 Å². The second kappa shape index (κ2) is 17.3. The largest absolute Gasteiger partial charge is 1.00 e. The summed E-state index contributed by atoms with van der Waals surface area (Å²) in [5.41, 5.74) is 0. The molecule has 0 aliphatic heterocycles. The van der Waals surface area contributed by atoms with E-state index in [4.69, 9.17) is 0 Å². The topological polar surface area (TPSA) is 0 Å². The van der Waals surface area contributed by atoms with Crippen LogP contribution in [0.15, 0.2) is 182 Å². The van der Waals surface area contributed by atoms with Gasteiger partial charge in [-0.25, -0.2) is 0 Å². The minimum atomic E-state index is -0.446. The van der Waals surface area contributed by atoms with E-state index in [9.17, 15) is 0 Å². The van der Waals surface area contributed by atoms with Crippen LogP contribution in [0, 0.1) is 0 Å². The molecule has 0 spiro atoms. The average molecular weight is 715 g/mol. The normalized spacial score (nSPS) is 10.1. The zero-order chi connectivity index (χ0) is 25.8. The second-order valence-electron chi connectivity index (χ2n) is 8.68. The van der Waals surface area contributed by atoms with E-state index in [1.54, 1.807) is 0 Å². The number of halogens is 1. The van der Waals surface area contributed by atoms with Crippen molar-refractivity contribution in [3.63, 3.8) is 0 Å². The summed E-state index contributed by atoms with van der Waals surface area (Å²) in [5.74, 6) is 0. The van der Waals surface area contributed by atoms with Crippen LogP contribution in [0.25, 0.3) is 0 Å². The fraction of sp³-hybridized carbons (Fsp3) is 0. The fourth-order valence-corrected chi connectivity index (χ4v) is 8.97. The number of hydrogen-bond acceptors (Lipinski definition) is 0. The number of rotatable bonds is 6. The van der Waals surface area contributed by atoms with Gasteiger partial charge in [0.1, 0.15) is 0 Å². The smallest absolute Gasteiger partial charge is 1.00 e. The maximum atomic E-state index is 2.23. The van der Waals surface area contributed by atoms with Crippen LogP contribution in [0.2, 0.25) is 0 Å². The van der Waals surface area contributed by atoms with E-state index >= 15 is 0 Å². The summed E-state index contributed by atoms with van der Waals surface area (Å²) in [6.07, 6.45) is 0. The molecule has 0 saturated heterocycles. The third-order valence-corrected chi connectivity index (χ3v) is 11.0. The molecule has 6 aromatic carbocycles. The third-order valence-electron chi connectivity index (χ3n) is 6.09. The summed E-state index contributed by atoms with van der Waals surface area (Å²) in [6, 6.07) is 64.7. The van der Waals surface area contributed by atoms with Crippen LogP contribution in [-0.4, -0.2) is 0 Å². The summed E-state index contributed by atoms with van der Waals surface area (Å²) >= 11 is 0. The molecular formula is C36H30CuIP2. The average Bonchev–Trinajstić information content (AvgIpc) is 3.01. The second-order valence-corrected chi connectivity index (χ2v) is 13.1. The molecule has 0 fully saturated rings. The first-order valence-corrected chi connectivity index (χ1v) is 15.5.